The van der Waals surface area contributed by atoms with Crippen LogP contribution in [0.25, 0.3) is 0 Å². The SMILES string of the molecule is COc1ccccc1NC(=O)C(C)OC(=O)CNC(=O)c1ccccc1. The average Bonchev–Trinajstić information content (AvgIpc) is 2.67. The Bertz CT molecular complexity index is 777. The van der Waals surface area contributed by atoms with Gasteiger partial charge in [0.05, 0.1) is 12.8 Å². The lowest BCUT2D eigenvalue weighted by molar-refractivity contribution is -0.152. The summed E-state index contributed by atoms with van der Waals surface area (Å²) in [5.41, 5.74) is 0.905. The second-order valence-corrected chi connectivity index (χ2v) is 5.37. The minimum Gasteiger partial charge on any atom is -0.495 e. The Morgan fingerprint density at radius 2 is 1.65 bits per heavy atom. The van der Waals surface area contributed by atoms with Gasteiger partial charge in [-0.05, 0) is 31.2 Å². The van der Waals surface area contributed by atoms with Gasteiger partial charge in [-0.1, -0.05) is 30.3 Å². The molecule has 2 N–H and O–H groups in total. The molecule has 0 aliphatic carbocycles. The molecule has 7 nitrogen and oxygen atoms in total. The van der Waals surface area contributed by atoms with Crippen molar-refractivity contribution in [2.75, 3.05) is 19.0 Å². The van der Waals surface area contributed by atoms with Crippen LogP contribution in [0.5, 0.6) is 5.75 Å². The molecule has 2 amide bonds. The number of carbonyl (C=O) groups is 3. The van der Waals surface area contributed by atoms with Crippen LogP contribution in [0.2, 0.25) is 0 Å². The van der Waals surface area contributed by atoms with E-state index in [-0.39, 0.29) is 6.54 Å². The van der Waals surface area contributed by atoms with Crippen molar-refractivity contribution in [3.8, 4) is 5.75 Å². The van der Waals surface area contributed by atoms with Crippen molar-refractivity contribution in [2.24, 2.45) is 0 Å². The Hall–Kier alpha value is -3.35. The van der Waals surface area contributed by atoms with Crippen LogP contribution >= 0.6 is 0 Å². The largest absolute Gasteiger partial charge is 0.495 e. The molecule has 0 spiro atoms. The van der Waals surface area contributed by atoms with Gasteiger partial charge in [-0.15, -0.1) is 0 Å². The van der Waals surface area contributed by atoms with Gasteiger partial charge in [-0.2, -0.15) is 0 Å². The van der Waals surface area contributed by atoms with E-state index in [0.717, 1.165) is 0 Å². The zero-order valence-electron chi connectivity index (χ0n) is 14.5. The van der Waals surface area contributed by atoms with Gasteiger partial charge in [-0.3, -0.25) is 14.4 Å². The highest BCUT2D eigenvalue weighted by Gasteiger charge is 2.19. The highest BCUT2D eigenvalue weighted by atomic mass is 16.5. The fourth-order valence-corrected chi connectivity index (χ4v) is 2.12. The standard InChI is InChI=1S/C19H20N2O5/c1-13(18(23)21-15-10-6-7-11-16(15)25-2)26-17(22)12-20-19(24)14-8-4-3-5-9-14/h3-11,13H,12H2,1-2H3,(H,20,24)(H,21,23). The van der Waals surface area contributed by atoms with Crippen LogP contribution in [-0.2, 0) is 14.3 Å². The molecular formula is C19H20N2O5. The quantitative estimate of drug-likeness (QED) is 0.740. The minimum atomic E-state index is -1.03. The van der Waals surface area contributed by atoms with Crippen LogP contribution in [-0.4, -0.2) is 37.5 Å². The molecule has 0 radical (unpaired) electrons. The smallest absolute Gasteiger partial charge is 0.326 e. The summed E-state index contributed by atoms with van der Waals surface area (Å²) in [6, 6.07) is 15.4. The molecule has 0 saturated carbocycles. The highest BCUT2D eigenvalue weighted by molar-refractivity contribution is 5.97. The Labute approximate surface area is 151 Å². The Morgan fingerprint density at radius 3 is 2.35 bits per heavy atom. The molecule has 0 heterocycles. The van der Waals surface area contributed by atoms with Crippen LogP contribution in [0.15, 0.2) is 54.6 Å². The second kappa shape index (κ2) is 9.22. The molecule has 2 aromatic carbocycles. The van der Waals surface area contributed by atoms with Crippen LogP contribution in [0.3, 0.4) is 0 Å². The van der Waals surface area contributed by atoms with Gasteiger partial charge in [0, 0.05) is 5.56 Å². The van der Waals surface area contributed by atoms with Crippen LogP contribution in [0.1, 0.15) is 17.3 Å². The number of nitrogens with one attached hydrogen (secondary N) is 2. The van der Waals surface area contributed by atoms with Crippen LogP contribution < -0.4 is 15.4 Å². The van der Waals surface area contributed by atoms with E-state index >= 15 is 0 Å². The molecule has 2 rings (SSSR count). The van der Waals surface area contributed by atoms with E-state index in [1.165, 1.54) is 14.0 Å². The van der Waals surface area contributed by atoms with Crippen LogP contribution in [0, 0.1) is 0 Å². The number of para-hydroxylation sites is 2. The lowest BCUT2D eigenvalue weighted by atomic mass is 10.2. The first-order chi connectivity index (χ1) is 12.5. The van der Waals surface area contributed by atoms with E-state index in [2.05, 4.69) is 10.6 Å². The third kappa shape index (κ3) is 5.34. The molecule has 1 unspecified atom stereocenters. The van der Waals surface area contributed by atoms with Crippen LogP contribution in [0.4, 0.5) is 5.69 Å². The third-order valence-electron chi connectivity index (χ3n) is 3.47. The van der Waals surface area contributed by atoms with Crippen molar-refractivity contribution in [2.45, 2.75) is 13.0 Å². The lowest BCUT2D eigenvalue weighted by Gasteiger charge is -2.15. The highest BCUT2D eigenvalue weighted by Crippen LogP contribution is 2.23. The number of anilines is 1. The van der Waals surface area contributed by atoms with Crippen molar-refractivity contribution in [3.63, 3.8) is 0 Å². The summed E-state index contributed by atoms with van der Waals surface area (Å²) < 4.78 is 10.2. The maximum absolute atomic E-state index is 12.1. The molecular weight excluding hydrogens is 336 g/mol. The maximum atomic E-state index is 12.1. The van der Waals surface area contributed by atoms with Crippen molar-refractivity contribution in [1.29, 1.82) is 0 Å². The number of rotatable bonds is 7. The molecule has 0 aromatic heterocycles. The zero-order chi connectivity index (χ0) is 18.9. The average molecular weight is 356 g/mol. The molecule has 136 valence electrons. The monoisotopic (exact) mass is 356 g/mol. The molecule has 2 aromatic rings. The number of ether oxygens (including phenoxy) is 2. The van der Waals surface area contributed by atoms with Crippen molar-refractivity contribution in [3.05, 3.63) is 60.2 Å². The molecule has 7 heteroatoms. The first-order valence-electron chi connectivity index (χ1n) is 7.98. The molecule has 0 fully saturated rings. The molecule has 0 bridgehead atoms. The zero-order valence-corrected chi connectivity index (χ0v) is 14.5. The van der Waals surface area contributed by atoms with E-state index < -0.39 is 23.9 Å². The summed E-state index contributed by atoms with van der Waals surface area (Å²) >= 11 is 0. The number of esters is 1. The number of hydrogen-bond donors (Lipinski definition) is 2. The minimum absolute atomic E-state index is 0.333. The van der Waals surface area contributed by atoms with E-state index in [4.69, 9.17) is 9.47 Å². The number of benzene rings is 2. The molecule has 26 heavy (non-hydrogen) atoms. The summed E-state index contributed by atoms with van der Waals surface area (Å²) in [4.78, 5) is 35.8. The van der Waals surface area contributed by atoms with Crippen molar-refractivity contribution >= 4 is 23.5 Å². The molecule has 0 saturated heterocycles. The van der Waals surface area contributed by atoms with E-state index in [1.54, 1.807) is 54.6 Å². The van der Waals surface area contributed by atoms with Gasteiger partial charge in [-0.25, -0.2) is 0 Å². The number of methoxy groups -OCH3 is 1. The Kier molecular flexibility index (Phi) is 6.73. The van der Waals surface area contributed by atoms with Crippen molar-refractivity contribution < 1.29 is 23.9 Å². The van der Waals surface area contributed by atoms with Gasteiger partial charge < -0.3 is 20.1 Å². The summed E-state index contributed by atoms with van der Waals surface area (Å²) in [7, 11) is 1.49. The van der Waals surface area contributed by atoms with Gasteiger partial charge in [0.25, 0.3) is 11.8 Å². The van der Waals surface area contributed by atoms with Gasteiger partial charge in [0.1, 0.15) is 12.3 Å². The lowest BCUT2D eigenvalue weighted by Crippen LogP contribution is -2.35. The fraction of sp³-hybridized carbons (Fsp3) is 0.211. The number of hydrogen-bond acceptors (Lipinski definition) is 5. The molecule has 0 aliphatic rings. The summed E-state index contributed by atoms with van der Waals surface area (Å²) in [5.74, 6) is -1.11. The molecule has 0 aliphatic heterocycles. The van der Waals surface area contributed by atoms with E-state index in [0.29, 0.717) is 17.0 Å². The first-order valence-corrected chi connectivity index (χ1v) is 7.98. The summed E-state index contributed by atoms with van der Waals surface area (Å²) in [6.45, 7) is 1.11. The van der Waals surface area contributed by atoms with Crippen molar-refractivity contribution in [1.82, 2.24) is 5.32 Å². The summed E-state index contributed by atoms with van der Waals surface area (Å²) in [6.07, 6.45) is -1.03. The second-order valence-electron chi connectivity index (χ2n) is 5.37. The van der Waals surface area contributed by atoms with Gasteiger partial charge in [0.2, 0.25) is 0 Å². The predicted octanol–water partition coefficient (Wildman–Crippen LogP) is 2.00. The third-order valence-corrected chi connectivity index (χ3v) is 3.47. The maximum Gasteiger partial charge on any atom is 0.326 e. The number of carbonyl (C=O) groups excluding carboxylic acids is 3. The molecule has 1 atom stereocenters. The summed E-state index contributed by atoms with van der Waals surface area (Å²) in [5, 5.41) is 5.07. The Balaban J connectivity index is 1.82. The van der Waals surface area contributed by atoms with E-state index in [9.17, 15) is 14.4 Å². The topological polar surface area (TPSA) is 93.7 Å². The first kappa shape index (κ1) is 19.0. The normalized spacial score (nSPS) is 11.2. The van der Waals surface area contributed by atoms with Gasteiger partial charge in [0.15, 0.2) is 6.10 Å². The van der Waals surface area contributed by atoms with Gasteiger partial charge >= 0.3 is 5.97 Å². The fourth-order valence-electron chi connectivity index (χ4n) is 2.12. The predicted molar refractivity (Wildman–Crippen MR) is 96.0 cm³/mol. The number of amides is 2. The van der Waals surface area contributed by atoms with E-state index in [1.807, 2.05) is 0 Å². The Morgan fingerprint density at radius 1 is 1.00 bits per heavy atom.